The maximum Gasteiger partial charge on any atom is 0.0604 e. The lowest BCUT2D eigenvalue weighted by atomic mass is 9.85. The second kappa shape index (κ2) is 5.48. The zero-order valence-corrected chi connectivity index (χ0v) is 12.0. The molecule has 18 heavy (non-hydrogen) atoms. The van der Waals surface area contributed by atoms with Crippen LogP contribution < -0.4 is 0 Å². The van der Waals surface area contributed by atoms with Gasteiger partial charge in [-0.1, -0.05) is 6.42 Å². The summed E-state index contributed by atoms with van der Waals surface area (Å²) in [6, 6.07) is 2.40. The van der Waals surface area contributed by atoms with Gasteiger partial charge in [0.1, 0.15) is 0 Å². The number of rotatable bonds is 3. The van der Waals surface area contributed by atoms with Crippen LogP contribution in [0, 0.1) is 0 Å². The van der Waals surface area contributed by atoms with Crippen LogP contribution in [0.25, 0.3) is 0 Å². The average Bonchev–Trinajstić information content (AvgIpc) is 2.33. The third kappa shape index (κ3) is 2.45. The molecular weight excluding hydrogens is 224 g/mol. The predicted octanol–water partition coefficient (Wildman–Crippen LogP) is 2.11. The molecule has 0 bridgehead atoms. The van der Waals surface area contributed by atoms with Crippen molar-refractivity contribution in [3.63, 3.8) is 0 Å². The zero-order chi connectivity index (χ0) is 12.5. The molecule has 3 fully saturated rings. The predicted molar refractivity (Wildman–Crippen MR) is 73.8 cm³/mol. The molecule has 2 saturated heterocycles. The molecule has 1 aliphatic carbocycles. The molecule has 3 heteroatoms. The van der Waals surface area contributed by atoms with Crippen molar-refractivity contribution >= 4 is 0 Å². The summed E-state index contributed by atoms with van der Waals surface area (Å²) in [4.78, 5) is 5.52. The minimum atomic E-state index is 0.552. The van der Waals surface area contributed by atoms with Crippen LogP contribution in [-0.4, -0.2) is 60.3 Å². The molecule has 2 atom stereocenters. The van der Waals surface area contributed by atoms with E-state index in [1.54, 1.807) is 0 Å². The molecule has 0 spiro atoms. The third-order valence-electron chi connectivity index (χ3n) is 5.18. The lowest BCUT2D eigenvalue weighted by Gasteiger charge is -2.53. The van der Waals surface area contributed by atoms with Crippen LogP contribution in [-0.2, 0) is 4.74 Å². The fourth-order valence-corrected chi connectivity index (χ4v) is 4.06. The number of hydrogen-bond acceptors (Lipinski definition) is 3. The van der Waals surface area contributed by atoms with Crippen molar-refractivity contribution < 1.29 is 4.74 Å². The maximum atomic E-state index is 5.70. The Labute approximate surface area is 111 Å². The van der Waals surface area contributed by atoms with Gasteiger partial charge in [-0.2, -0.15) is 0 Å². The fourth-order valence-electron chi connectivity index (χ4n) is 4.06. The van der Waals surface area contributed by atoms with E-state index in [0.29, 0.717) is 6.10 Å². The topological polar surface area (TPSA) is 15.7 Å². The largest absolute Gasteiger partial charge is 0.378 e. The first-order valence-electron chi connectivity index (χ1n) is 7.89. The van der Waals surface area contributed by atoms with Crippen LogP contribution >= 0.6 is 0 Å². The van der Waals surface area contributed by atoms with Crippen LogP contribution in [0.5, 0.6) is 0 Å². The SMILES string of the molecule is CCOC1CC(N2CC3CCCCN3CC2C)C1. The van der Waals surface area contributed by atoms with Gasteiger partial charge in [0.15, 0.2) is 0 Å². The first-order chi connectivity index (χ1) is 8.78. The highest BCUT2D eigenvalue weighted by molar-refractivity contribution is 4.96. The van der Waals surface area contributed by atoms with Gasteiger partial charge in [0, 0.05) is 37.8 Å². The number of hydrogen-bond donors (Lipinski definition) is 0. The Morgan fingerprint density at radius 2 is 1.94 bits per heavy atom. The van der Waals surface area contributed by atoms with Gasteiger partial charge in [0.2, 0.25) is 0 Å². The molecule has 0 radical (unpaired) electrons. The van der Waals surface area contributed by atoms with Crippen LogP contribution in [0.15, 0.2) is 0 Å². The highest BCUT2D eigenvalue weighted by atomic mass is 16.5. The Balaban J connectivity index is 1.54. The van der Waals surface area contributed by atoms with Gasteiger partial charge in [-0.05, 0) is 46.1 Å². The number of fused-ring (bicyclic) bond motifs is 1. The molecule has 1 saturated carbocycles. The molecule has 3 aliphatic rings. The van der Waals surface area contributed by atoms with E-state index >= 15 is 0 Å². The lowest BCUT2D eigenvalue weighted by Crippen LogP contribution is -2.63. The number of nitrogens with zero attached hydrogens (tertiary/aromatic N) is 2. The summed E-state index contributed by atoms with van der Waals surface area (Å²) in [5.41, 5.74) is 0. The van der Waals surface area contributed by atoms with Crippen molar-refractivity contribution in [1.29, 1.82) is 0 Å². The quantitative estimate of drug-likeness (QED) is 0.765. The van der Waals surface area contributed by atoms with Crippen molar-refractivity contribution in [2.75, 3.05) is 26.2 Å². The fraction of sp³-hybridized carbons (Fsp3) is 1.00. The highest BCUT2D eigenvalue weighted by Crippen LogP contribution is 2.33. The van der Waals surface area contributed by atoms with Crippen LogP contribution in [0.2, 0.25) is 0 Å². The molecule has 0 aromatic heterocycles. The lowest BCUT2D eigenvalue weighted by molar-refractivity contribution is -0.0856. The van der Waals surface area contributed by atoms with E-state index in [1.807, 2.05) is 0 Å². The average molecular weight is 252 g/mol. The van der Waals surface area contributed by atoms with E-state index in [0.717, 1.165) is 24.7 Å². The molecule has 2 heterocycles. The molecular formula is C15H28N2O. The Morgan fingerprint density at radius 1 is 1.11 bits per heavy atom. The molecule has 2 aliphatic heterocycles. The third-order valence-corrected chi connectivity index (χ3v) is 5.18. The van der Waals surface area contributed by atoms with Gasteiger partial charge in [-0.15, -0.1) is 0 Å². The minimum Gasteiger partial charge on any atom is -0.378 e. The number of piperidine rings is 1. The number of piperazine rings is 1. The van der Waals surface area contributed by atoms with Gasteiger partial charge in [0.25, 0.3) is 0 Å². The Bertz CT molecular complexity index is 278. The number of ether oxygens (including phenoxy) is 1. The normalized spacial score (nSPS) is 42.3. The van der Waals surface area contributed by atoms with Crippen molar-refractivity contribution in [2.24, 2.45) is 0 Å². The van der Waals surface area contributed by atoms with Gasteiger partial charge in [0.05, 0.1) is 6.10 Å². The minimum absolute atomic E-state index is 0.552. The Morgan fingerprint density at radius 3 is 2.72 bits per heavy atom. The molecule has 2 unspecified atom stereocenters. The molecule has 104 valence electrons. The maximum absolute atomic E-state index is 5.70. The summed E-state index contributed by atoms with van der Waals surface area (Å²) in [6.45, 7) is 9.35. The molecule has 3 rings (SSSR count). The molecule has 0 aromatic rings. The summed E-state index contributed by atoms with van der Waals surface area (Å²) < 4.78 is 5.70. The van der Waals surface area contributed by atoms with Crippen molar-refractivity contribution in [3.05, 3.63) is 0 Å². The van der Waals surface area contributed by atoms with E-state index in [-0.39, 0.29) is 0 Å². The first kappa shape index (κ1) is 12.9. The van der Waals surface area contributed by atoms with Crippen LogP contribution in [0.1, 0.15) is 46.0 Å². The van der Waals surface area contributed by atoms with Gasteiger partial charge in [-0.3, -0.25) is 9.80 Å². The van der Waals surface area contributed by atoms with E-state index < -0.39 is 0 Å². The van der Waals surface area contributed by atoms with Crippen molar-refractivity contribution in [3.8, 4) is 0 Å². The standard InChI is InChI=1S/C15H28N2O/c1-3-18-15-8-14(9-15)17-11-13-6-4-5-7-16(13)10-12(17)2/h12-15H,3-11H2,1-2H3. The molecule has 0 N–H and O–H groups in total. The van der Waals surface area contributed by atoms with Gasteiger partial charge < -0.3 is 4.74 Å². The first-order valence-corrected chi connectivity index (χ1v) is 7.89. The highest BCUT2D eigenvalue weighted by Gasteiger charge is 2.41. The summed E-state index contributed by atoms with van der Waals surface area (Å²) in [6.07, 6.45) is 7.37. The van der Waals surface area contributed by atoms with E-state index in [4.69, 9.17) is 4.74 Å². The zero-order valence-electron chi connectivity index (χ0n) is 12.0. The Kier molecular flexibility index (Phi) is 3.92. The second-order valence-corrected chi connectivity index (χ2v) is 6.39. The van der Waals surface area contributed by atoms with Gasteiger partial charge >= 0.3 is 0 Å². The van der Waals surface area contributed by atoms with Crippen LogP contribution in [0.3, 0.4) is 0 Å². The van der Waals surface area contributed by atoms with E-state index in [9.17, 15) is 0 Å². The van der Waals surface area contributed by atoms with Crippen molar-refractivity contribution in [2.45, 2.75) is 70.2 Å². The van der Waals surface area contributed by atoms with E-state index in [1.165, 1.54) is 51.7 Å². The summed E-state index contributed by atoms with van der Waals surface area (Å²) in [5.74, 6) is 0. The second-order valence-electron chi connectivity index (χ2n) is 6.39. The summed E-state index contributed by atoms with van der Waals surface area (Å²) >= 11 is 0. The van der Waals surface area contributed by atoms with Crippen molar-refractivity contribution in [1.82, 2.24) is 9.80 Å². The van der Waals surface area contributed by atoms with Crippen LogP contribution in [0.4, 0.5) is 0 Å². The molecule has 3 nitrogen and oxygen atoms in total. The Hall–Kier alpha value is -0.120. The monoisotopic (exact) mass is 252 g/mol. The summed E-state index contributed by atoms with van der Waals surface area (Å²) in [5, 5.41) is 0. The van der Waals surface area contributed by atoms with Gasteiger partial charge in [-0.25, -0.2) is 0 Å². The molecule has 0 aromatic carbocycles. The smallest absolute Gasteiger partial charge is 0.0604 e. The molecule has 0 amide bonds. The summed E-state index contributed by atoms with van der Waals surface area (Å²) in [7, 11) is 0. The van der Waals surface area contributed by atoms with E-state index in [2.05, 4.69) is 23.6 Å².